The molecule has 0 amide bonds. The number of nitrogens with zero attached hydrogens (tertiary/aromatic N) is 1. The van der Waals surface area contributed by atoms with Crippen molar-refractivity contribution < 1.29 is 61.4 Å². The maximum Gasteiger partial charge on any atom is 0.490 e. The molecule has 1 aliphatic heterocycles. The molecule has 3 heterocycles. The van der Waals surface area contributed by atoms with Crippen LogP contribution in [0.4, 0.5) is 0 Å². The van der Waals surface area contributed by atoms with Crippen LogP contribution in [0, 0.1) is 0 Å². The number of aliphatic hydroxyl groups excluding tert-OH is 2. The van der Waals surface area contributed by atoms with Crippen LogP contribution in [0.3, 0.4) is 0 Å². The van der Waals surface area contributed by atoms with E-state index in [4.69, 9.17) is 19.4 Å². The smallest absolute Gasteiger partial charge is 0.387 e. The molecule has 1 saturated heterocycles. The highest BCUT2D eigenvalue weighted by Gasteiger charge is 2.46. The Bertz CT molecular complexity index is 1160. The second kappa shape index (κ2) is 8.86. The molecule has 15 nitrogen and oxygen atoms in total. The molecule has 31 heavy (non-hydrogen) atoms. The van der Waals surface area contributed by atoms with Crippen molar-refractivity contribution in [2.24, 2.45) is 0 Å². The number of hydrogen-bond acceptors (Lipinski definition) is 11. The van der Waals surface area contributed by atoms with Crippen molar-refractivity contribution in [1.82, 2.24) is 4.57 Å². The summed E-state index contributed by atoms with van der Waals surface area (Å²) in [6.45, 7) is -0.978. The number of rotatable bonds is 8. The minimum atomic E-state index is -5.71. The highest BCUT2D eigenvalue weighted by molar-refractivity contribution is 7.66. The second-order valence-electron chi connectivity index (χ2n) is 6.16. The number of phosphoric acid groups is 3. The molecule has 174 valence electrons. The summed E-state index contributed by atoms with van der Waals surface area (Å²) in [5, 5.41) is 22.4. The van der Waals surface area contributed by atoms with Crippen molar-refractivity contribution in [3.63, 3.8) is 0 Å². The molecule has 0 aliphatic carbocycles. The van der Waals surface area contributed by atoms with Gasteiger partial charge in [-0.3, -0.25) is 13.9 Å². The van der Waals surface area contributed by atoms with E-state index in [2.05, 4.69) is 13.1 Å². The Morgan fingerprint density at radius 2 is 1.71 bits per heavy atom. The molecule has 6 atom stereocenters. The third kappa shape index (κ3) is 5.96. The van der Waals surface area contributed by atoms with Crippen LogP contribution >= 0.6 is 34.8 Å². The number of fused-ring (bicyclic) bond motifs is 1. The molecule has 0 spiro atoms. The molecule has 3 rings (SSSR count). The van der Waals surface area contributed by atoms with Crippen LogP contribution in [-0.2, 0) is 31.6 Å². The van der Waals surface area contributed by atoms with Crippen LogP contribution in [0.25, 0.3) is 10.1 Å². The van der Waals surface area contributed by atoms with Crippen molar-refractivity contribution in [2.45, 2.75) is 24.5 Å². The first-order chi connectivity index (χ1) is 14.2. The number of thiophene rings is 1. The third-order valence-electron chi connectivity index (χ3n) is 3.98. The van der Waals surface area contributed by atoms with Crippen molar-refractivity contribution in [3.05, 3.63) is 34.1 Å². The first-order valence-corrected chi connectivity index (χ1v) is 13.5. The average molecular weight is 523 g/mol. The van der Waals surface area contributed by atoms with Crippen molar-refractivity contribution in [2.75, 3.05) is 6.61 Å². The predicted molar refractivity (Wildman–Crippen MR) is 102 cm³/mol. The molecule has 2 unspecified atom stereocenters. The molecule has 0 bridgehead atoms. The van der Waals surface area contributed by atoms with Gasteiger partial charge in [0.1, 0.15) is 18.3 Å². The Hall–Kier alpha value is -0.800. The first-order valence-electron chi connectivity index (χ1n) is 8.07. The van der Waals surface area contributed by atoms with E-state index in [-0.39, 0.29) is 0 Å². The lowest BCUT2D eigenvalue weighted by molar-refractivity contribution is -0.0533. The Balaban J connectivity index is 1.69. The van der Waals surface area contributed by atoms with Gasteiger partial charge in [-0.2, -0.15) is 8.62 Å². The average Bonchev–Trinajstić information content (AvgIpc) is 3.17. The summed E-state index contributed by atoms with van der Waals surface area (Å²) in [5.74, 6) is 0. The molecular formula is C12H16NO14P3S. The lowest BCUT2D eigenvalue weighted by Gasteiger charge is -2.19. The van der Waals surface area contributed by atoms with Crippen LogP contribution in [-0.4, -0.2) is 59.3 Å². The van der Waals surface area contributed by atoms with Gasteiger partial charge in [0.05, 0.1) is 12.0 Å². The number of pyridine rings is 1. The highest BCUT2D eigenvalue weighted by atomic mass is 32.1. The summed E-state index contributed by atoms with van der Waals surface area (Å²) < 4.78 is 52.3. The van der Waals surface area contributed by atoms with Crippen LogP contribution < -0.4 is 5.56 Å². The molecule has 0 aromatic carbocycles. The van der Waals surface area contributed by atoms with E-state index in [9.17, 15) is 33.6 Å². The summed E-state index contributed by atoms with van der Waals surface area (Å²) in [6.07, 6.45) is -4.91. The maximum atomic E-state index is 12.5. The summed E-state index contributed by atoms with van der Waals surface area (Å²) in [7, 11) is -16.7. The van der Waals surface area contributed by atoms with E-state index in [0.29, 0.717) is 10.1 Å². The fraction of sp³-hybridized carbons (Fsp3) is 0.417. The minimum Gasteiger partial charge on any atom is -0.387 e. The van der Waals surface area contributed by atoms with Crippen LogP contribution in [0.1, 0.15) is 6.23 Å². The minimum absolute atomic E-state index is 0.342. The number of hydrogen-bond donors (Lipinski definition) is 6. The number of aromatic nitrogens is 1. The zero-order chi connectivity index (χ0) is 23.2. The molecule has 6 N–H and O–H groups in total. The van der Waals surface area contributed by atoms with Gasteiger partial charge >= 0.3 is 23.5 Å². The molecule has 2 aromatic rings. The van der Waals surface area contributed by atoms with Gasteiger partial charge in [-0.15, -0.1) is 11.3 Å². The molecule has 1 fully saturated rings. The van der Waals surface area contributed by atoms with Gasteiger partial charge < -0.3 is 34.5 Å². The zero-order valence-corrected chi connectivity index (χ0v) is 18.5. The quantitative estimate of drug-likeness (QED) is 0.251. The van der Waals surface area contributed by atoms with E-state index in [1.807, 2.05) is 0 Å². The van der Waals surface area contributed by atoms with E-state index < -0.39 is 60.2 Å². The predicted octanol–water partition coefficient (Wildman–Crippen LogP) is 0.0255. The monoisotopic (exact) mass is 523 g/mol. The SMILES string of the molecule is O=c1c2ccsc2ccn1[C@H]1O[C@@H](COP(=O)(O)OP(=O)(O)OP(=O)(O)O)[C@@H](O)[C@H]1O. The summed E-state index contributed by atoms with van der Waals surface area (Å²) >= 11 is 1.31. The Kier molecular flexibility index (Phi) is 7.10. The van der Waals surface area contributed by atoms with E-state index in [1.54, 1.807) is 17.5 Å². The van der Waals surface area contributed by atoms with Crippen molar-refractivity contribution >= 4 is 44.9 Å². The molecular weight excluding hydrogens is 507 g/mol. The van der Waals surface area contributed by atoms with Gasteiger partial charge in [0.2, 0.25) is 0 Å². The Labute approximate surface area is 176 Å². The van der Waals surface area contributed by atoms with Crippen molar-refractivity contribution in [1.29, 1.82) is 0 Å². The van der Waals surface area contributed by atoms with Gasteiger partial charge in [0.15, 0.2) is 6.23 Å². The topological polar surface area (TPSA) is 232 Å². The first kappa shape index (κ1) is 24.8. The lowest BCUT2D eigenvalue weighted by atomic mass is 10.1. The van der Waals surface area contributed by atoms with Gasteiger partial charge in [0.25, 0.3) is 5.56 Å². The molecule has 2 aromatic heterocycles. The third-order valence-corrected chi connectivity index (χ3v) is 8.66. The molecule has 1 aliphatic rings. The van der Waals surface area contributed by atoms with Crippen LogP contribution in [0.5, 0.6) is 0 Å². The standard InChI is InChI=1S/C12H16NO14P3S/c14-9-7(5-24-29(20,21)27-30(22,23)26-28(17,18)19)25-12(10(9)15)13-3-1-8-6(11(13)16)2-4-31-8/h1-4,7,9-10,12,14-15H,5H2,(H,20,21)(H,22,23)(H2,17,18,19)/t7-,9+,10+,12-/m0/s1. The fourth-order valence-electron chi connectivity index (χ4n) is 2.75. The summed E-state index contributed by atoms with van der Waals surface area (Å²) in [6, 6.07) is 3.15. The number of ether oxygens (including phenoxy) is 1. The van der Waals surface area contributed by atoms with Crippen LogP contribution in [0.2, 0.25) is 0 Å². The van der Waals surface area contributed by atoms with E-state index >= 15 is 0 Å². The van der Waals surface area contributed by atoms with Gasteiger partial charge in [-0.05, 0) is 17.5 Å². The highest BCUT2D eigenvalue weighted by Crippen LogP contribution is 2.66. The number of phosphoric ester groups is 1. The van der Waals surface area contributed by atoms with Gasteiger partial charge in [0, 0.05) is 10.9 Å². The number of aliphatic hydroxyl groups is 2. The molecule has 19 heteroatoms. The molecule has 0 radical (unpaired) electrons. The maximum absolute atomic E-state index is 12.5. The van der Waals surface area contributed by atoms with Gasteiger partial charge in [-0.1, -0.05) is 0 Å². The van der Waals surface area contributed by atoms with Crippen LogP contribution in [0.15, 0.2) is 28.5 Å². The summed E-state index contributed by atoms with van der Waals surface area (Å²) in [4.78, 5) is 48.1. The Morgan fingerprint density at radius 3 is 2.35 bits per heavy atom. The summed E-state index contributed by atoms with van der Waals surface area (Å²) in [5.41, 5.74) is -0.525. The van der Waals surface area contributed by atoms with E-state index in [1.165, 1.54) is 17.5 Å². The second-order valence-corrected chi connectivity index (χ2v) is 11.5. The van der Waals surface area contributed by atoms with Gasteiger partial charge in [-0.25, -0.2) is 13.7 Å². The van der Waals surface area contributed by atoms with E-state index in [0.717, 1.165) is 4.57 Å². The zero-order valence-electron chi connectivity index (χ0n) is 15.0. The fourth-order valence-corrected chi connectivity index (χ4v) is 6.55. The largest absolute Gasteiger partial charge is 0.490 e. The Morgan fingerprint density at radius 1 is 1.03 bits per heavy atom. The lowest BCUT2D eigenvalue weighted by Crippen LogP contribution is -2.35. The van der Waals surface area contributed by atoms with Crippen molar-refractivity contribution in [3.8, 4) is 0 Å². The molecule has 0 saturated carbocycles. The normalized spacial score (nSPS) is 28.5.